The fraction of sp³-hybridized carbons (Fsp3) is 0.500. The minimum atomic E-state index is 0. The molecule has 0 fully saturated rings. The first-order valence-corrected chi connectivity index (χ1v) is 2.80. The summed E-state index contributed by atoms with van der Waals surface area (Å²) in [4.78, 5) is 0. The number of nitrogens with zero attached hydrogens (tertiary/aromatic N) is 2. The van der Waals surface area contributed by atoms with Crippen molar-refractivity contribution in [3.05, 3.63) is 18.5 Å². The molecule has 2 nitrogen and oxygen atoms in total. The highest BCUT2D eigenvalue weighted by Crippen LogP contribution is 1.98. The Morgan fingerprint density at radius 3 is 2.33 bits per heavy atom. The van der Waals surface area contributed by atoms with Crippen LogP contribution < -0.4 is 0 Å². The van der Waals surface area contributed by atoms with Gasteiger partial charge in [-0.25, -0.2) is 0 Å². The Kier molecular flexibility index (Phi) is 3.54. The lowest BCUT2D eigenvalue weighted by Gasteiger charge is -2.01. The molecule has 0 saturated carbocycles. The first-order valence-electron chi connectivity index (χ1n) is 2.80. The maximum Gasteiger partial charge on any atom is 0.0489 e. The average Bonchev–Trinajstić information content (AvgIpc) is 2.12. The summed E-state index contributed by atoms with van der Waals surface area (Å²) in [5.74, 6) is 0. The van der Waals surface area contributed by atoms with Crippen LogP contribution in [0.1, 0.15) is 19.9 Å². The van der Waals surface area contributed by atoms with E-state index in [1.54, 1.807) is 6.20 Å². The molecule has 0 spiro atoms. The second-order valence-corrected chi connectivity index (χ2v) is 2.08. The molecule has 0 unspecified atom stereocenters. The molecule has 1 heterocycles. The van der Waals surface area contributed by atoms with E-state index in [2.05, 4.69) is 18.9 Å². The van der Waals surface area contributed by atoms with E-state index in [4.69, 9.17) is 0 Å². The molecule has 0 atom stereocenters. The predicted octanol–water partition coefficient (Wildman–Crippen LogP) is 2.04. The van der Waals surface area contributed by atoms with Gasteiger partial charge in [0, 0.05) is 18.4 Å². The number of aromatic nitrogens is 2. The highest BCUT2D eigenvalue weighted by Gasteiger charge is 1.91. The van der Waals surface area contributed by atoms with Gasteiger partial charge in [0.25, 0.3) is 0 Å². The maximum atomic E-state index is 4.03. The van der Waals surface area contributed by atoms with E-state index in [0.717, 1.165) is 0 Å². The summed E-state index contributed by atoms with van der Waals surface area (Å²) in [6, 6.07) is 2.42. The Hall–Kier alpha value is -0.310. The largest absolute Gasteiger partial charge is 0.270 e. The minimum Gasteiger partial charge on any atom is -0.270 e. The molecule has 1 rings (SSSR count). The first-order chi connectivity index (χ1) is 3.80. The Balaban J connectivity index is 0.000000640. The zero-order valence-corrected chi connectivity index (χ0v) is 7.33. The standard InChI is InChI=1S/C6H10N2.BrH/c1-6(2)8-5-3-4-7-8;/h3-6H,1-2H3;1H. The van der Waals surface area contributed by atoms with Gasteiger partial charge in [-0.1, -0.05) is 0 Å². The van der Waals surface area contributed by atoms with Crippen molar-refractivity contribution in [2.45, 2.75) is 19.9 Å². The quantitative estimate of drug-likeness (QED) is 0.664. The second kappa shape index (κ2) is 3.67. The van der Waals surface area contributed by atoms with Gasteiger partial charge < -0.3 is 0 Å². The van der Waals surface area contributed by atoms with Gasteiger partial charge in [-0.15, -0.1) is 17.0 Å². The van der Waals surface area contributed by atoms with Crippen LogP contribution in [0.3, 0.4) is 0 Å². The Labute approximate surface area is 65.6 Å². The van der Waals surface area contributed by atoms with E-state index in [-0.39, 0.29) is 17.0 Å². The monoisotopic (exact) mass is 190 g/mol. The van der Waals surface area contributed by atoms with Crippen molar-refractivity contribution in [3.63, 3.8) is 0 Å². The van der Waals surface area contributed by atoms with Crippen molar-refractivity contribution < 1.29 is 0 Å². The molecule has 0 aromatic carbocycles. The van der Waals surface area contributed by atoms with Crippen molar-refractivity contribution in [2.75, 3.05) is 0 Å². The molecular weight excluding hydrogens is 180 g/mol. The minimum absolute atomic E-state index is 0. The number of hydrogen-bond donors (Lipinski definition) is 0. The van der Waals surface area contributed by atoms with Crippen molar-refractivity contribution in [1.29, 1.82) is 0 Å². The SMILES string of the molecule is Br.CC(C)n1cccn1. The van der Waals surface area contributed by atoms with Crippen LogP contribution in [-0.4, -0.2) is 9.78 Å². The van der Waals surface area contributed by atoms with E-state index in [1.165, 1.54) is 0 Å². The molecule has 1 aromatic rings. The summed E-state index contributed by atoms with van der Waals surface area (Å²) in [5, 5.41) is 4.03. The molecule has 0 N–H and O–H groups in total. The van der Waals surface area contributed by atoms with E-state index in [1.807, 2.05) is 16.9 Å². The van der Waals surface area contributed by atoms with Gasteiger partial charge in [0.15, 0.2) is 0 Å². The normalized spacial score (nSPS) is 9.22. The highest BCUT2D eigenvalue weighted by atomic mass is 79.9. The summed E-state index contributed by atoms with van der Waals surface area (Å²) >= 11 is 0. The Morgan fingerprint density at radius 2 is 2.11 bits per heavy atom. The summed E-state index contributed by atoms with van der Waals surface area (Å²) in [7, 11) is 0. The zero-order valence-electron chi connectivity index (χ0n) is 5.61. The van der Waals surface area contributed by atoms with E-state index >= 15 is 0 Å². The summed E-state index contributed by atoms with van der Waals surface area (Å²) in [5.41, 5.74) is 0. The van der Waals surface area contributed by atoms with Gasteiger partial charge in [0.05, 0.1) is 0 Å². The van der Waals surface area contributed by atoms with Crippen LogP contribution in [-0.2, 0) is 0 Å². The molecule has 0 bridgehead atoms. The average molecular weight is 191 g/mol. The van der Waals surface area contributed by atoms with Gasteiger partial charge in [-0.05, 0) is 19.9 Å². The molecule has 52 valence electrons. The maximum absolute atomic E-state index is 4.03. The zero-order chi connectivity index (χ0) is 5.98. The van der Waals surface area contributed by atoms with E-state index in [0.29, 0.717) is 6.04 Å². The number of rotatable bonds is 1. The molecule has 9 heavy (non-hydrogen) atoms. The molecule has 0 aliphatic rings. The van der Waals surface area contributed by atoms with Crippen LogP contribution in [0.2, 0.25) is 0 Å². The third-order valence-electron chi connectivity index (χ3n) is 1.05. The molecule has 3 heteroatoms. The lowest BCUT2D eigenvalue weighted by atomic mass is 10.4. The predicted molar refractivity (Wildman–Crippen MR) is 42.9 cm³/mol. The first kappa shape index (κ1) is 8.69. The van der Waals surface area contributed by atoms with Gasteiger partial charge in [0.2, 0.25) is 0 Å². The Bertz CT molecular complexity index is 146. The lowest BCUT2D eigenvalue weighted by molar-refractivity contribution is 0.532. The van der Waals surface area contributed by atoms with Crippen molar-refractivity contribution >= 4 is 17.0 Å². The van der Waals surface area contributed by atoms with E-state index < -0.39 is 0 Å². The summed E-state index contributed by atoms with van der Waals surface area (Å²) in [6.07, 6.45) is 3.75. The molecule has 1 aromatic heterocycles. The molecule has 0 saturated heterocycles. The van der Waals surface area contributed by atoms with Gasteiger partial charge >= 0.3 is 0 Å². The second-order valence-electron chi connectivity index (χ2n) is 2.08. The fourth-order valence-electron chi connectivity index (χ4n) is 0.586. The topological polar surface area (TPSA) is 17.8 Å². The fourth-order valence-corrected chi connectivity index (χ4v) is 0.586. The van der Waals surface area contributed by atoms with Crippen LogP contribution in [0.5, 0.6) is 0 Å². The van der Waals surface area contributed by atoms with Crippen molar-refractivity contribution in [3.8, 4) is 0 Å². The lowest BCUT2D eigenvalue weighted by Crippen LogP contribution is -1.99. The number of hydrogen-bond acceptors (Lipinski definition) is 1. The summed E-state index contributed by atoms with van der Waals surface area (Å²) in [6.45, 7) is 4.21. The van der Waals surface area contributed by atoms with Crippen LogP contribution in [0.15, 0.2) is 18.5 Å². The Morgan fingerprint density at radius 1 is 1.44 bits per heavy atom. The van der Waals surface area contributed by atoms with Crippen LogP contribution >= 0.6 is 17.0 Å². The van der Waals surface area contributed by atoms with Gasteiger partial charge in [-0.3, -0.25) is 4.68 Å². The van der Waals surface area contributed by atoms with Gasteiger partial charge in [-0.2, -0.15) is 5.10 Å². The third-order valence-corrected chi connectivity index (χ3v) is 1.05. The number of halogens is 1. The molecule has 0 amide bonds. The summed E-state index contributed by atoms with van der Waals surface area (Å²) < 4.78 is 1.92. The van der Waals surface area contributed by atoms with Crippen LogP contribution in [0.25, 0.3) is 0 Å². The van der Waals surface area contributed by atoms with E-state index in [9.17, 15) is 0 Å². The smallest absolute Gasteiger partial charge is 0.0489 e. The molecule has 0 radical (unpaired) electrons. The molecule has 0 aliphatic carbocycles. The van der Waals surface area contributed by atoms with Crippen LogP contribution in [0, 0.1) is 0 Å². The molecule has 0 aliphatic heterocycles. The van der Waals surface area contributed by atoms with Crippen LogP contribution in [0.4, 0.5) is 0 Å². The van der Waals surface area contributed by atoms with Crippen molar-refractivity contribution in [1.82, 2.24) is 9.78 Å². The highest BCUT2D eigenvalue weighted by molar-refractivity contribution is 8.93. The third kappa shape index (κ3) is 2.18. The van der Waals surface area contributed by atoms with Gasteiger partial charge in [0.1, 0.15) is 0 Å². The van der Waals surface area contributed by atoms with Crippen molar-refractivity contribution in [2.24, 2.45) is 0 Å². The molecular formula is C6H11BrN2.